The molecule has 15 heteroatoms. The normalized spacial score (nSPS) is 20.7. The second-order valence-corrected chi connectivity index (χ2v) is 8.43. The monoisotopic (exact) mass is 482 g/mol. The number of morpholine rings is 1. The van der Waals surface area contributed by atoms with Gasteiger partial charge in [0.15, 0.2) is 0 Å². The van der Waals surface area contributed by atoms with Crippen LogP contribution in [0.25, 0.3) is 11.0 Å². The summed E-state index contributed by atoms with van der Waals surface area (Å²) in [7, 11) is -8.55. The fourth-order valence-corrected chi connectivity index (χ4v) is 3.69. The van der Waals surface area contributed by atoms with Crippen LogP contribution in [0.1, 0.15) is 19.1 Å². The fraction of sp³-hybridized carbons (Fsp3) is 0.600. The summed E-state index contributed by atoms with van der Waals surface area (Å²) >= 11 is 6.03. The summed E-state index contributed by atoms with van der Waals surface area (Å²) in [5.74, 6) is 0. The molecule has 30 heavy (non-hydrogen) atoms. The van der Waals surface area contributed by atoms with Gasteiger partial charge < -0.3 is 14.6 Å². The molecule has 1 aromatic heterocycles. The Bertz CT molecular complexity index is 838. The minimum absolute atomic E-state index is 0. The number of halogens is 7. The topological polar surface area (TPSA) is 60.5 Å². The number of hydrogen-bond acceptors (Lipinski definition) is 5. The second kappa shape index (κ2) is 9.39. The largest absolute Gasteiger partial charge is 1.00 e. The number of rotatable bonds is 3. The van der Waals surface area contributed by atoms with Crippen LogP contribution in [-0.2, 0) is 4.74 Å². The third-order valence-corrected chi connectivity index (χ3v) is 4.86. The van der Waals surface area contributed by atoms with Crippen LogP contribution >= 0.6 is 19.8 Å². The second-order valence-electron chi connectivity index (χ2n) is 6.72. The average molecular weight is 483 g/mol. The molecule has 7 nitrogen and oxygen atoms in total. The minimum atomic E-state index is -8.55. The first-order chi connectivity index (χ1) is 13.5. The zero-order chi connectivity index (χ0) is 21.3. The summed E-state index contributed by atoms with van der Waals surface area (Å²) in [6.07, 6.45) is 2.33. The Kier molecular flexibility index (Phi) is 7.78. The van der Waals surface area contributed by atoms with Crippen LogP contribution in [0.4, 0.5) is 21.0 Å². The van der Waals surface area contributed by atoms with Gasteiger partial charge >= 0.3 is 29.1 Å². The molecule has 2 aliphatic heterocycles. The van der Waals surface area contributed by atoms with E-state index in [1.54, 1.807) is 6.07 Å². The van der Waals surface area contributed by atoms with Crippen LogP contribution in [0, 0.1) is 5.21 Å². The summed E-state index contributed by atoms with van der Waals surface area (Å²) in [5, 5.41) is 17.0. The Balaban J connectivity index is 0.000000405. The number of aromatic nitrogens is 3. The fourth-order valence-electron chi connectivity index (χ4n) is 3.52. The predicted octanol–water partition coefficient (Wildman–Crippen LogP) is 1.17. The molecule has 172 valence electrons. The summed E-state index contributed by atoms with van der Waals surface area (Å²) in [4.78, 5) is 5.41. The molecule has 2 aromatic rings. The molecule has 0 amide bonds. The minimum Gasteiger partial charge on any atom is -1.00 e. The van der Waals surface area contributed by atoms with E-state index in [0.29, 0.717) is 28.6 Å². The molecule has 0 aliphatic carbocycles. The number of fused-ring (bicyclic) bond motifs is 1. The number of benzene rings is 1. The number of ether oxygens (including phenoxy) is 1. The maximum Gasteiger partial charge on any atom is 0.236 e. The molecule has 0 N–H and O–H groups in total. The molecule has 2 fully saturated rings. The summed E-state index contributed by atoms with van der Waals surface area (Å²) in [6.45, 7) is 5.16. The standard InChI is InChI=1S/C15H20ClN5O2.F5P.FH/c16-12-3-4-13-14(11-12)21(22)17-20(13)15(18-5-1-2-6-18)19-7-9-23-10-8-19;1-6(2,3,4)5;/h3-4,11,15H,1-2,5-10H2;;1H/p-1. The Morgan fingerprint density at radius 3 is 2.13 bits per heavy atom. The van der Waals surface area contributed by atoms with Gasteiger partial charge in [0.2, 0.25) is 17.3 Å². The first-order valence-electron chi connectivity index (χ1n) is 8.92. The Morgan fingerprint density at radius 1 is 1.03 bits per heavy atom. The molecule has 2 saturated heterocycles. The van der Waals surface area contributed by atoms with Crippen molar-refractivity contribution >= 4 is 30.8 Å². The van der Waals surface area contributed by atoms with Crippen molar-refractivity contribution in [2.75, 3.05) is 39.4 Å². The number of likely N-dealkylation sites (tertiary alicyclic amines) is 1. The van der Waals surface area contributed by atoms with Gasteiger partial charge in [-0.1, -0.05) is 16.3 Å². The van der Waals surface area contributed by atoms with Crippen molar-refractivity contribution in [1.29, 1.82) is 0 Å². The van der Waals surface area contributed by atoms with Gasteiger partial charge in [0.25, 0.3) is 0 Å². The van der Waals surface area contributed by atoms with Gasteiger partial charge in [-0.3, -0.25) is 0 Å². The van der Waals surface area contributed by atoms with Gasteiger partial charge in [-0.25, -0.2) is 9.80 Å². The van der Waals surface area contributed by atoms with Crippen molar-refractivity contribution in [2.24, 2.45) is 0 Å². The molecule has 2 aliphatic rings. The van der Waals surface area contributed by atoms with Crippen molar-refractivity contribution in [2.45, 2.75) is 19.1 Å². The van der Waals surface area contributed by atoms with Crippen LogP contribution in [0.5, 0.6) is 0 Å². The van der Waals surface area contributed by atoms with Crippen molar-refractivity contribution < 1.29 is 35.3 Å². The van der Waals surface area contributed by atoms with E-state index < -0.39 is 8.16 Å². The SMILES string of the molecule is FP(F)(F)(F)F.[F-].[O-][n+]1nn(C(N2CCCC2)N2CCOCC2)c2ccc(Cl)cc21. The molecule has 0 bridgehead atoms. The smallest absolute Gasteiger partial charge is 0.236 e. The van der Waals surface area contributed by atoms with E-state index in [9.17, 15) is 26.2 Å². The van der Waals surface area contributed by atoms with E-state index in [1.165, 1.54) is 12.8 Å². The summed E-state index contributed by atoms with van der Waals surface area (Å²) in [6, 6.07) is 5.36. The van der Waals surface area contributed by atoms with Crippen molar-refractivity contribution in [1.82, 2.24) is 19.7 Å². The third-order valence-electron chi connectivity index (χ3n) is 4.63. The summed E-state index contributed by atoms with van der Waals surface area (Å²) in [5.41, 5.74) is 1.32. The van der Waals surface area contributed by atoms with Gasteiger partial charge in [0.05, 0.1) is 18.4 Å². The zero-order valence-electron chi connectivity index (χ0n) is 15.6. The first-order valence-corrected chi connectivity index (χ1v) is 11.0. The maximum absolute atomic E-state index is 12.2. The molecular formula is C15H20ClF6N5O2P-. The van der Waals surface area contributed by atoms with Gasteiger partial charge in [0.1, 0.15) is 0 Å². The van der Waals surface area contributed by atoms with Crippen LogP contribution in [0.2, 0.25) is 5.02 Å². The Morgan fingerprint density at radius 2 is 1.57 bits per heavy atom. The van der Waals surface area contributed by atoms with Crippen molar-refractivity contribution in [3.8, 4) is 0 Å². The predicted molar refractivity (Wildman–Crippen MR) is 98.4 cm³/mol. The van der Waals surface area contributed by atoms with E-state index in [4.69, 9.17) is 16.3 Å². The Hall–Kier alpha value is -1.40. The molecule has 1 unspecified atom stereocenters. The number of nitrogens with zero attached hydrogens (tertiary/aromatic N) is 5. The van der Waals surface area contributed by atoms with Gasteiger partial charge in [-0.2, -0.15) is 0 Å². The Labute approximate surface area is 173 Å². The molecule has 0 spiro atoms. The molecule has 1 atom stereocenters. The first kappa shape index (κ1) is 24.9. The molecule has 4 rings (SSSR count). The zero-order valence-corrected chi connectivity index (χ0v) is 17.3. The maximum atomic E-state index is 12.2. The number of hydrogen-bond donors (Lipinski definition) is 0. The van der Waals surface area contributed by atoms with E-state index in [0.717, 1.165) is 31.7 Å². The molecular weight excluding hydrogens is 463 g/mol. The van der Waals surface area contributed by atoms with E-state index >= 15 is 0 Å². The molecule has 0 saturated carbocycles. The van der Waals surface area contributed by atoms with Crippen LogP contribution in [0.3, 0.4) is 0 Å². The van der Waals surface area contributed by atoms with E-state index in [1.807, 2.05) is 16.8 Å². The summed E-state index contributed by atoms with van der Waals surface area (Å²) < 4.78 is 56.5. The van der Waals surface area contributed by atoms with Gasteiger partial charge in [0, 0.05) is 37.3 Å². The van der Waals surface area contributed by atoms with Gasteiger partial charge in [-0.15, -0.1) is 4.85 Å². The average Bonchev–Trinajstić information content (AvgIpc) is 3.24. The third kappa shape index (κ3) is 6.81. The quantitative estimate of drug-likeness (QED) is 0.285. The molecule has 3 heterocycles. The van der Waals surface area contributed by atoms with Gasteiger partial charge in [-0.05, 0) is 25.0 Å². The van der Waals surface area contributed by atoms with Crippen LogP contribution < -0.4 is 9.55 Å². The van der Waals surface area contributed by atoms with Crippen LogP contribution in [0.15, 0.2) is 18.2 Å². The molecule has 0 radical (unpaired) electrons. The van der Waals surface area contributed by atoms with E-state index in [2.05, 4.69) is 15.0 Å². The van der Waals surface area contributed by atoms with E-state index in [-0.39, 0.29) is 11.0 Å². The van der Waals surface area contributed by atoms with Crippen molar-refractivity contribution in [3.63, 3.8) is 0 Å². The van der Waals surface area contributed by atoms with Crippen LogP contribution in [-0.4, -0.2) is 59.1 Å². The molecule has 1 aromatic carbocycles. The van der Waals surface area contributed by atoms with Crippen molar-refractivity contribution in [3.05, 3.63) is 28.4 Å².